The molecule has 0 spiro atoms. The molecule has 0 aliphatic rings. The molecule has 0 saturated carbocycles. The maximum Gasteiger partial charge on any atom is 0.126 e. The van der Waals surface area contributed by atoms with Crippen LogP contribution in [0.2, 0.25) is 4.34 Å². The van der Waals surface area contributed by atoms with Crippen molar-refractivity contribution in [2.75, 3.05) is 0 Å². The van der Waals surface area contributed by atoms with Crippen LogP contribution in [0.15, 0.2) is 30.3 Å². The summed E-state index contributed by atoms with van der Waals surface area (Å²) in [7, 11) is 0. The predicted octanol–water partition coefficient (Wildman–Crippen LogP) is 5.18. The molecular weight excluding hydrogens is 266 g/mol. The summed E-state index contributed by atoms with van der Waals surface area (Å²) in [4.78, 5) is 0.970. The van der Waals surface area contributed by atoms with E-state index in [4.69, 9.17) is 23.2 Å². The standard InChI is InChI=1S/C12H9Cl2FS/c1-7-6-8(2-3-9(7)15)12(14)10-4-5-11(13)16-10/h2-6,12H,1H3. The Hall–Kier alpha value is -0.570. The molecule has 1 heterocycles. The summed E-state index contributed by atoms with van der Waals surface area (Å²) in [5.74, 6) is -0.211. The van der Waals surface area contributed by atoms with Crippen LogP contribution in [0.1, 0.15) is 21.4 Å². The van der Waals surface area contributed by atoms with Gasteiger partial charge in [0.05, 0.1) is 9.71 Å². The van der Waals surface area contributed by atoms with Gasteiger partial charge >= 0.3 is 0 Å². The highest BCUT2D eigenvalue weighted by atomic mass is 35.5. The number of hydrogen-bond acceptors (Lipinski definition) is 1. The van der Waals surface area contributed by atoms with Crippen molar-refractivity contribution in [3.63, 3.8) is 0 Å². The van der Waals surface area contributed by atoms with Crippen molar-refractivity contribution in [1.82, 2.24) is 0 Å². The molecule has 1 unspecified atom stereocenters. The number of hydrogen-bond donors (Lipinski definition) is 0. The lowest BCUT2D eigenvalue weighted by Gasteiger charge is -2.08. The summed E-state index contributed by atoms with van der Waals surface area (Å²) in [5.41, 5.74) is 1.49. The van der Waals surface area contributed by atoms with Crippen molar-refractivity contribution in [1.29, 1.82) is 0 Å². The van der Waals surface area contributed by atoms with Gasteiger partial charge in [-0.15, -0.1) is 22.9 Å². The van der Waals surface area contributed by atoms with Crippen LogP contribution in [-0.2, 0) is 0 Å². The van der Waals surface area contributed by atoms with E-state index in [0.29, 0.717) is 9.90 Å². The third-order valence-electron chi connectivity index (χ3n) is 2.32. The molecule has 2 rings (SSSR count). The number of halogens is 3. The van der Waals surface area contributed by atoms with Crippen molar-refractivity contribution in [3.05, 3.63) is 56.5 Å². The molecule has 4 heteroatoms. The van der Waals surface area contributed by atoms with Crippen molar-refractivity contribution in [2.45, 2.75) is 12.3 Å². The van der Waals surface area contributed by atoms with Crippen molar-refractivity contribution in [2.24, 2.45) is 0 Å². The van der Waals surface area contributed by atoms with Gasteiger partial charge in [-0.2, -0.15) is 0 Å². The van der Waals surface area contributed by atoms with E-state index in [9.17, 15) is 4.39 Å². The predicted molar refractivity (Wildman–Crippen MR) is 68.2 cm³/mol. The molecule has 0 bridgehead atoms. The molecule has 0 saturated heterocycles. The Kier molecular flexibility index (Phi) is 3.53. The van der Waals surface area contributed by atoms with Gasteiger partial charge in [-0.3, -0.25) is 0 Å². The molecule has 1 aromatic carbocycles. The van der Waals surface area contributed by atoms with Gasteiger partial charge in [0.15, 0.2) is 0 Å². The molecular formula is C12H9Cl2FS. The van der Waals surface area contributed by atoms with E-state index in [0.717, 1.165) is 10.4 Å². The Morgan fingerprint density at radius 1 is 1.25 bits per heavy atom. The topological polar surface area (TPSA) is 0 Å². The van der Waals surface area contributed by atoms with Crippen LogP contribution in [-0.4, -0.2) is 0 Å². The van der Waals surface area contributed by atoms with E-state index < -0.39 is 0 Å². The van der Waals surface area contributed by atoms with Gasteiger partial charge in [0.25, 0.3) is 0 Å². The normalized spacial score (nSPS) is 12.8. The lowest BCUT2D eigenvalue weighted by molar-refractivity contribution is 0.617. The molecule has 0 aliphatic carbocycles. The molecule has 16 heavy (non-hydrogen) atoms. The van der Waals surface area contributed by atoms with E-state index in [1.54, 1.807) is 19.1 Å². The van der Waals surface area contributed by atoms with Crippen LogP contribution in [0.25, 0.3) is 0 Å². The highest BCUT2D eigenvalue weighted by Gasteiger charge is 2.14. The Morgan fingerprint density at radius 3 is 2.56 bits per heavy atom. The van der Waals surface area contributed by atoms with E-state index in [1.807, 2.05) is 12.1 Å². The summed E-state index contributed by atoms with van der Waals surface area (Å²) in [5, 5.41) is -0.267. The van der Waals surface area contributed by atoms with Crippen molar-refractivity contribution < 1.29 is 4.39 Å². The SMILES string of the molecule is Cc1cc(C(Cl)c2ccc(Cl)s2)ccc1F. The van der Waals surface area contributed by atoms with E-state index in [-0.39, 0.29) is 11.2 Å². The Labute approximate surface area is 108 Å². The number of rotatable bonds is 2. The number of thiophene rings is 1. The van der Waals surface area contributed by atoms with Crippen LogP contribution < -0.4 is 0 Å². The van der Waals surface area contributed by atoms with Gasteiger partial charge in [-0.25, -0.2) is 4.39 Å². The zero-order chi connectivity index (χ0) is 11.7. The van der Waals surface area contributed by atoms with E-state index in [1.165, 1.54) is 17.4 Å². The maximum absolute atomic E-state index is 13.1. The fourth-order valence-electron chi connectivity index (χ4n) is 1.45. The average Bonchev–Trinajstić information content (AvgIpc) is 2.68. The smallest absolute Gasteiger partial charge is 0.126 e. The quantitative estimate of drug-likeness (QED) is 0.663. The molecule has 1 aromatic heterocycles. The zero-order valence-electron chi connectivity index (χ0n) is 8.51. The summed E-state index contributed by atoms with van der Waals surface area (Å²) in [6.45, 7) is 1.73. The summed E-state index contributed by atoms with van der Waals surface area (Å²) >= 11 is 13.6. The molecule has 1 atom stereocenters. The largest absolute Gasteiger partial charge is 0.207 e. The van der Waals surface area contributed by atoms with Gasteiger partial charge < -0.3 is 0 Å². The lowest BCUT2D eigenvalue weighted by Crippen LogP contribution is -1.92. The molecule has 0 amide bonds. The van der Waals surface area contributed by atoms with Crippen LogP contribution >= 0.6 is 34.5 Å². The number of alkyl halides is 1. The molecule has 0 N–H and O–H groups in total. The first-order valence-electron chi connectivity index (χ1n) is 4.73. The molecule has 0 radical (unpaired) electrons. The monoisotopic (exact) mass is 274 g/mol. The van der Waals surface area contributed by atoms with Crippen LogP contribution in [0, 0.1) is 12.7 Å². The highest BCUT2D eigenvalue weighted by molar-refractivity contribution is 7.16. The van der Waals surface area contributed by atoms with Gasteiger partial charge in [-0.05, 0) is 36.2 Å². The van der Waals surface area contributed by atoms with Gasteiger partial charge in [0, 0.05) is 4.88 Å². The molecule has 0 aliphatic heterocycles. The summed E-state index contributed by atoms with van der Waals surface area (Å²) < 4.78 is 13.8. The van der Waals surface area contributed by atoms with Crippen molar-refractivity contribution in [3.8, 4) is 0 Å². The third-order valence-corrected chi connectivity index (χ3v) is 4.23. The fourth-order valence-corrected chi connectivity index (χ4v) is 2.86. The van der Waals surface area contributed by atoms with Gasteiger partial charge in [0.1, 0.15) is 5.82 Å². The Morgan fingerprint density at radius 2 is 2.00 bits per heavy atom. The Bertz CT molecular complexity index is 507. The molecule has 84 valence electrons. The van der Waals surface area contributed by atoms with Crippen LogP contribution in [0.3, 0.4) is 0 Å². The second-order valence-corrected chi connectivity index (χ2v) is 5.70. The third kappa shape index (κ3) is 2.40. The summed E-state index contributed by atoms with van der Waals surface area (Å²) in [6.07, 6.45) is 0. The van der Waals surface area contributed by atoms with Crippen LogP contribution in [0.4, 0.5) is 4.39 Å². The first-order chi connectivity index (χ1) is 7.58. The fraction of sp³-hybridized carbons (Fsp3) is 0.167. The second-order valence-electron chi connectivity index (χ2n) is 3.51. The number of benzene rings is 1. The molecule has 0 nitrogen and oxygen atoms in total. The van der Waals surface area contributed by atoms with Crippen molar-refractivity contribution >= 4 is 34.5 Å². The second kappa shape index (κ2) is 4.74. The zero-order valence-corrected chi connectivity index (χ0v) is 10.8. The molecule has 2 aromatic rings. The first-order valence-corrected chi connectivity index (χ1v) is 6.36. The summed E-state index contributed by atoms with van der Waals surface area (Å²) in [6, 6.07) is 8.61. The first kappa shape index (κ1) is 11.9. The minimum atomic E-state index is -0.267. The highest BCUT2D eigenvalue weighted by Crippen LogP contribution is 2.35. The van der Waals surface area contributed by atoms with Gasteiger partial charge in [-0.1, -0.05) is 23.7 Å². The van der Waals surface area contributed by atoms with Crippen LogP contribution in [0.5, 0.6) is 0 Å². The van der Waals surface area contributed by atoms with Gasteiger partial charge in [0.2, 0.25) is 0 Å². The minimum Gasteiger partial charge on any atom is -0.207 e. The van der Waals surface area contributed by atoms with E-state index in [2.05, 4.69) is 0 Å². The minimum absolute atomic E-state index is 0.211. The maximum atomic E-state index is 13.1. The molecule has 0 fully saturated rings. The number of aryl methyl sites for hydroxylation is 1. The van der Waals surface area contributed by atoms with E-state index >= 15 is 0 Å². The lowest BCUT2D eigenvalue weighted by atomic mass is 10.1. The Balaban J connectivity index is 2.33. The average molecular weight is 275 g/mol.